The molecule has 2 N–H and O–H groups in total. The number of rotatable bonds is 5. The third-order valence-corrected chi connectivity index (χ3v) is 4.63. The Morgan fingerprint density at radius 3 is 3.00 bits per heavy atom. The molecular formula is C21H19N5O2. The van der Waals surface area contributed by atoms with Gasteiger partial charge in [-0.1, -0.05) is 30.3 Å². The quantitative estimate of drug-likeness (QED) is 0.415. The standard InChI is InChI=1S/C21H19N5O2/c1-14-24-18-8-10-22-13-19(18)26(14)11-9-21(28)25-23-12-17-16-5-3-2-4-15(16)6-7-20(17)27/h2-8,10,12-13,27H,9,11H2,1H3,(H,25,28)/b23-12+. The lowest BCUT2D eigenvalue weighted by Crippen LogP contribution is -2.19. The zero-order valence-corrected chi connectivity index (χ0v) is 15.3. The highest BCUT2D eigenvalue weighted by Gasteiger charge is 2.09. The highest BCUT2D eigenvalue weighted by molar-refractivity contribution is 6.02. The lowest BCUT2D eigenvalue weighted by Gasteiger charge is -2.06. The summed E-state index contributed by atoms with van der Waals surface area (Å²) in [7, 11) is 0. The number of aromatic nitrogens is 3. The zero-order chi connectivity index (χ0) is 19.5. The fourth-order valence-corrected chi connectivity index (χ4v) is 3.23. The molecule has 2 aromatic carbocycles. The van der Waals surface area contributed by atoms with E-state index in [9.17, 15) is 9.90 Å². The Morgan fingerprint density at radius 1 is 1.25 bits per heavy atom. The van der Waals surface area contributed by atoms with Gasteiger partial charge in [-0.3, -0.25) is 9.78 Å². The SMILES string of the molecule is Cc1nc2ccncc2n1CCC(=O)N/N=C/c1c(O)ccc2ccccc12. The molecule has 140 valence electrons. The van der Waals surface area contributed by atoms with Gasteiger partial charge in [0.1, 0.15) is 11.6 Å². The lowest BCUT2D eigenvalue weighted by molar-refractivity contribution is -0.121. The average molecular weight is 373 g/mol. The van der Waals surface area contributed by atoms with E-state index in [4.69, 9.17) is 0 Å². The first kappa shape index (κ1) is 17.7. The van der Waals surface area contributed by atoms with Crippen molar-refractivity contribution in [2.24, 2.45) is 5.10 Å². The number of phenols is 1. The minimum Gasteiger partial charge on any atom is -0.507 e. The third-order valence-electron chi connectivity index (χ3n) is 4.63. The molecule has 4 rings (SSSR count). The molecule has 1 amide bonds. The molecule has 0 saturated heterocycles. The van der Waals surface area contributed by atoms with Crippen LogP contribution in [0.25, 0.3) is 21.8 Å². The molecule has 7 nitrogen and oxygen atoms in total. The first-order chi connectivity index (χ1) is 13.6. The summed E-state index contributed by atoms with van der Waals surface area (Å²) in [5.41, 5.74) is 4.85. The van der Waals surface area contributed by atoms with Gasteiger partial charge in [0.05, 0.1) is 23.4 Å². The molecule has 2 heterocycles. The molecule has 0 fully saturated rings. The predicted molar refractivity (Wildman–Crippen MR) is 108 cm³/mol. The second-order valence-electron chi connectivity index (χ2n) is 6.44. The number of hydrogen-bond acceptors (Lipinski definition) is 5. The van der Waals surface area contributed by atoms with Gasteiger partial charge in [-0.2, -0.15) is 5.10 Å². The van der Waals surface area contributed by atoms with Crippen LogP contribution in [0.3, 0.4) is 0 Å². The number of benzene rings is 2. The van der Waals surface area contributed by atoms with Crippen molar-refractivity contribution in [3.63, 3.8) is 0 Å². The molecule has 0 unspecified atom stereocenters. The number of hydrazone groups is 1. The second kappa shape index (κ2) is 7.48. The maximum atomic E-state index is 12.2. The van der Waals surface area contributed by atoms with Gasteiger partial charge in [0.15, 0.2) is 0 Å². The Labute approximate surface area is 161 Å². The largest absolute Gasteiger partial charge is 0.507 e. The number of hydrogen-bond donors (Lipinski definition) is 2. The van der Waals surface area contributed by atoms with E-state index in [2.05, 4.69) is 20.5 Å². The molecule has 7 heteroatoms. The average Bonchev–Trinajstić information content (AvgIpc) is 3.03. The van der Waals surface area contributed by atoms with Crippen LogP contribution in [0.5, 0.6) is 5.75 Å². The van der Waals surface area contributed by atoms with Crippen molar-refractivity contribution < 1.29 is 9.90 Å². The second-order valence-corrected chi connectivity index (χ2v) is 6.44. The minimum absolute atomic E-state index is 0.115. The lowest BCUT2D eigenvalue weighted by atomic mass is 10.0. The fraction of sp³-hybridized carbons (Fsp3) is 0.143. The van der Waals surface area contributed by atoms with Crippen LogP contribution in [0, 0.1) is 6.92 Å². The number of aryl methyl sites for hydroxylation is 2. The van der Waals surface area contributed by atoms with Gasteiger partial charge >= 0.3 is 0 Å². The highest BCUT2D eigenvalue weighted by atomic mass is 16.3. The van der Waals surface area contributed by atoms with Crippen LogP contribution in [0.1, 0.15) is 17.8 Å². The van der Waals surface area contributed by atoms with E-state index in [1.54, 1.807) is 18.5 Å². The van der Waals surface area contributed by atoms with Crippen LogP contribution in [0.4, 0.5) is 0 Å². The van der Waals surface area contributed by atoms with Gasteiger partial charge in [0, 0.05) is 24.7 Å². The van der Waals surface area contributed by atoms with E-state index in [-0.39, 0.29) is 18.1 Å². The van der Waals surface area contributed by atoms with E-state index in [0.717, 1.165) is 27.6 Å². The molecule has 28 heavy (non-hydrogen) atoms. The molecule has 4 aromatic rings. The van der Waals surface area contributed by atoms with E-state index in [1.165, 1.54) is 6.21 Å². The summed E-state index contributed by atoms with van der Waals surface area (Å²) in [5.74, 6) is 0.728. The number of carbonyl (C=O) groups excluding carboxylic acids is 1. The van der Waals surface area contributed by atoms with E-state index >= 15 is 0 Å². The number of nitrogens with zero attached hydrogens (tertiary/aromatic N) is 4. The number of nitrogens with one attached hydrogen (secondary N) is 1. The topological polar surface area (TPSA) is 92.4 Å². The number of carbonyl (C=O) groups is 1. The van der Waals surface area contributed by atoms with E-state index in [1.807, 2.05) is 47.9 Å². The highest BCUT2D eigenvalue weighted by Crippen LogP contribution is 2.25. The van der Waals surface area contributed by atoms with Gasteiger partial charge in [-0.15, -0.1) is 0 Å². The first-order valence-electron chi connectivity index (χ1n) is 8.93. The number of fused-ring (bicyclic) bond motifs is 2. The van der Waals surface area contributed by atoms with Crippen molar-refractivity contribution in [3.8, 4) is 5.75 Å². The number of imidazole rings is 1. The van der Waals surface area contributed by atoms with Crippen molar-refractivity contribution in [1.82, 2.24) is 20.0 Å². The fourth-order valence-electron chi connectivity index (χ4n) is 3.23. The van der Waals surface area contributed by atoms with Crippen molar-refractivity contribution >= 4 is 33.9 Å². The van der Waals surface area contributed by atoms with Gasteiger partial charge in [-0.25, -0.2) is 10.4 Å². The number of amides is 1. The smallest absolute Gasteiger partial charge is 0.241 e. The summed E-state index contributed by atoms with van der Waals surface area (Å²) < 4.78 is 1.96. The van der Waals surface area contributed by atoms with Crippen molar-refractivity contribution in [3.05, 3.63) is 66.2 Å². The van der Waals surface area contributed by atoms with Crippen LogP contribution >= 0.6 is 0 Å². The Bertz CT molecular complexity index is 1200. The summed E-state index contributed by atoms with van der Waals surface area (Å²) in [6.07, 6.45) is 5.16. The monoisotopic (exact) mass is 373 g/mol. The summed E-state index contributed by atoms with van der Waals surface area (Å²) in [6.45, 7) is 2.38. The van der Waals surface area contributed by atoms with Crippen molar-refractivity contribution in [2.45, 2.75) is 19.9 Å². The van der Waals surface area contributed by atoms with Gasteiger partial charge in [0.2, 0.25) is 5.91 Å². The summed E-state index contributed by atoms with van der Waals surface area (Å²) in [5, 5.41) is 16.0. The minimum atomic E-state index is -0.221. The Morgan fingerprint density at radius 2 is 2.11 bits per heavy atom. The molecule has 0 spiro atoms. The van der Waals surface area contributed by atoms with Gasteiger partial charge in [0.25, 0.3) is 0 Å². The summed E-state index contributed by atoms with van der Waals surface area (Å²) in [4.78, 5) is 20.8. The zero-order valence-electron chi connectivity index (χ0n) is 15.3. The third kappa shape index (κ3) is 3.42. The molecule has 0 atom stereocenters. The molecule has 0 bridgehead atoms. The Hall–Kier alpha value is -3.74. The molecule has 0 saturated carbocycles. The van der Waals surface area contributed by atoms with Crippen molar-refractivity contribution in [2.75, 3.05) is 0 Å². The van der Waals surface area contributed by atoms with Crippen LogP contribution < -0.4 is 5.43 Å². The Balaban J connectivity index is 1.44. The molecule has 0 aliphatic heterocycles. The van der Waals surface area contributed by atoms with Crippen LogP contribution in [-0.4, -0.2) is 31.8 Å². The molecule has 0 aliphatic carbocycles. The molecule has 0 radical (unpaired) electrons. The maximum absolute atomic E-state index is 12.2. The van der Waals surface area contributed by atoms with Gasteiger partial charge in [-0.05, 0) is 29.8 Å². The summed E-state index contributed by atoms with van der Waals surface area (Å²) >= 11 is 0. The number of phenolic OH excluding ortho intramolecular Hbond substituents is 1. The molecular weight excluding hydrogens is 354 g/mol. The number of pyridine rings is 1. The normalized spacial score (nSPS) is 11.5. The molecule has 2 aromatic heterocycles. The Kier molecular flexibility index (Phi) is 4.72. The summed E-state index contributed by atoms with van der Waals surface area (Å²) in [6, 6.07) is 13.0. The van der Waals surface area contributed by atoms with E-state index in [0.29, 0.717) is 12.1 Å². The van der Waals surface area contributed by atoms with Gasteiger partial charge < -0.3 is 9.67 Å². The van der Waals surface area contributed by atoms with Crippen LogP contribution in [0.15, 0.2) is 60.0 Å². The predicted octanol–water partition coefficient (Wildman–Crippen LogP) is 3.14. The van der Waals surface area contributed by atoms with E-state index < -0.39 is 0 Å². The number of aromatic hydroxyl groups is 1. The maximum Gasteiger partial charge on any atom is 0.241 e. The van der Waals surface area contributed by atoms with Crippen LogP contribution in [-0.2, 0) is 11.3 Å². The van der Waals surface area contributed by atoms with Crippen molar-refractivity contribution in [1.29, 1.82) is 0 Å². The van der Waals surface area contributed by atoms with Crippen LogP contribution in [0.2, 0.25) is 0 Å². The first-order valence-corrected chi connectivity index (χ1v) is 8.93. The molecule has 0 aliphatic rings.